The molecule has 30 heavy (non-hydrogen) atoms. The molecule has 0 bridgehead atoms. The summed E-state index contributed by atoms with van der Waals surface area (Å²) in [6.45, 7) is 1.90. The molecule has 156 valence electrons. The van der Waals surface area contributed by atoms with Crippen molar-refractivity contribution in [1.82, 2.24) is 5.43 Å². The highest BCUT2D eigenvalue weighted by Gasteiger charge is 2.26. The van der Waals surface area contributed by atoms with Gasteiger partial charge in [0, 0.05) is 24.4 Å². The molecule has 0 saturated carbocycles. The molecule has 1 amide bonds. The van der Waals surface area contributed by atoms with Crippen LogP contribution in [0.3, 0.4) is 0 Å². The standard InChI is InChI=1S/C21H21N3O5S/c1-5-24(30(26,27)17-10-11-18(28-3)19(13-17)29-4)16-8-6-15(7-9-16)21-14(2)12-20(25)22-23-21/h1,6-11,13-14H,12H2,2-4H3,(H,22,25). The molecule has 0 fully saturated rings. The van der Waals surface area contributed by atoms with Crippen LogP contribution in [0.15, 0.2) is 52.5 Å². The summed E-state index contributed by atoms with van der Waals surface area (Å²) in [6, 6.07) is 13.1. The van der Waals surface area contributed by atoms with Gasteiger partial charge in [0.15, 0.2) is 11.5 Å². The van der Waals surface area contributed by atoms with Gasteiger partial charge < -0.3 is 9.47 Å². The van der Waals surface area contributed by atoms with Crippen LogP contribution in [-0.2, 0) is 14.8 Å². The van der Waals surface area contributed by atoms with E-state index < -0.39 is 10.0 Å². The van der Waals surface area contributed by atoms with Gasteiger partial charge in [0.2, 0.25) is 5.91 Å². The van der Waals surface area contributed by atoms with E-state index in [4.69, 9.17) is 15.9 Å². The van der Waals surface area contributed by atoms with Crippen molar-refractivity contribution in [3.63, 3.8) is 0 Å². The number of hydrazone groups is 1. The number of nitrogens with one attached hydrogen (secondary N) is 1. The van der Waals surface area contributed by atoms with E-state index in [2.05, 4.69) is 16.6 Å². The van der Waals surface area contributed by atoms with E-state index in [0.29, 0.717) is 17.9 Å². The molecular formula is C21H21N3O5S. The Kier molecular flexibility index (Phi) is 5.99. The number of anilines is 1. The Hall–Kier alpha value is -3.51. The lowest BCUT2D eigenvalue weighted by Gasteiger charge is -2.21. The third-order valence-corrected chi connectivity index (χ3v) is 6.31. The van der Waals surface area contributed by atoms with E-state index in [1.807, 2.05) is 6.92 Å². The maximum Gasteiger partial charge on any atom is 0.275 e. The number of rotatable bonds is 6. The van der Waals surface area contributed by atoms with Crippen LogP contribution in [0.2, 0.25) is 0 Å². The lowest BCUT2D eigenvalue weighted by molar-refractivity contribution is -0.121. The smallest absolute Gasteiger partial charge is 0.275 e. The highest BCUT2D eigenvalue weighted by atomic mass is 32.2. The van der Waals surface area contributed by atoms with Gasteiger partial charge in [-0.15, -0.1) is 0 Å². The van der Waals surface area contributed by atoms with Crippen molar-refractivity contribution < 1.29 is 22.7 Å². The number of amides is 1. The first-order chi connectivity index (χ1) is 14.3. The zero-order valence-electron chi connectivity index (χ0n) is 16.7. The van der Waals surface area contributed by atoms with Crippen LogP contribution < -0.4 is 19.2 Å². The summed E-state index contributed by atoms with van der Waals surface area (Å²) in [4.78, 5) is 11.4. The van der Waals surface area contributed by atoms with Gasteiger partial charge in [-0.25, -0.2) is 13.8 Å². The molecule has 1 unspecified atom stereocenters. The van der Waals surface area contributed by atoms with Crippen LogP contribution in [-0.4, -0.2) is 34.3 Å². The number of nitrogens with zero attached hydrogens (tertiary/aromatic N) is 2. The Bertz CT molecular complexity index is 1130. The lowest BCUT2D eigenvalue weighted by atomic mass is 9.94. The number of sulfonamides is 1. The van der Waals surface area contributed by atoms with Crippen molar-refractivity contribution in [3.05, 3.63) is 48.0 Å². The fourth-order valence-electron chi connectivity index (χ4n) is 3.13. The van der Waals surface area contributed by atoms with E-state index in [-0.39, 0.29) is 22.5 Å². The highest BCUT2D eigenvalue weighted by Crippen LogP contribution is 2.32. The summed E-state index contributed by atoms with van der Waals surface area (Å²) >= 11 is 0. The maximum absolute atomic E-state index is 13.1. The average Bonchev–Trinajstić information content (AvgIpc) is 2.74. The van der Waals surface area contributed by atoms with Crippen molar-refractivity contribution >= 4 is 27.3 Å². The first-order valence-electron chi connectivity index (χ1n) is 9.02. The third-order valence-electron chi connectivity index (χ3n) is 4.67. The number of benzene rings is 2. The maximum atomic E-state index is 13.1. The fourth-order valence-corrected chi connectivity index (χ4v) is 4.38. The van der Waals surface area contributed by atoms with Gasteiger partial charge in [0.25, 0.3) is 10.0 Å². The van der Waals surface area contributed by atoms with Crippen molar-refractivity contribution in [2.24, 2.45) is 11.0 Å². The number of ether oxygens (including phenoxy) is 2. The first kappa shape index (κ1) is 21.2. The van der Waals surface area contributed by atoms with Crippen molar-refractivity contribution in [1.29, 1.82) is 0 Å². The van der Waals surface area contributed by atoms with Gasteiger partial charge in [-0.05, 0) is 29.8 Å². The molecule has 8 nitrogen and oxygen atoms in total. The second kappa shape index (κ2) is 8.47. The zero-order valence-corrected chi connectivity index (χ0v) is 17.6. The normalized spacial score (nSPS) is 16.1. The summed E-state index contributed by atoms with van der Waals surface area (Å²) in [7, 11) is -1.16. The minimum atomic E-state index is -4.04. The van der Waals surface area contributed by atoms with Gasteiger partial charge in [-0.2, -0.15) is 9.41 Å². The number of terminal acetylenes is 1. The minimum absolute atomic E-state index is 0.0323. The molecule has 0 aromatic heterocycles. The first-order valence-corrected chi connectivity index (χ1v) is 10.5. The summed E-state index contributed by atoms with van der Waals surface area (Å²) in [6.07, 6.45) is 5.88. The van der Waals surface area contributed by atoms with Crippen LogP contribution in [0.25, 0.3) is 0 Å². The average molecular weight is 427 g/mol. The van der Waals surface area contributed by atoms with Crippen LogP contribution in [0.4, 0.5) is 5.69 Å². The van der Waals surface area contributed by atoms with E-state index >= 15 is 0 Å². The molecule has 1 atom stereocenters. The van der Waals surface area contributed by atoms with E-state index in [9.17, 15) is 13.2 Å². The van der Waals surface area contributed by atoms with Gasteiger partial charge >= 0.3 is 0 Å². The Morgan fingerprint density at radius 1 is 1.13 bits per heavy atom. The summed E-state index contributed by atoms with van der Waals surface area (Å²) in [5.41, 5.74) is 4.25. The molecule has 3 rings (SSSR count). The third kappa shape index (κ3) is 3.95. The van der Waals surface area contributed by atoms with Crippen LogP contribution >= 0.6 is 0 Å². The summed E-state index contributed by atoms with van der Waals surface area (Å²) < 4.78 is 37.4. The van der Waals surface area contributed by atoms with Gasteiger partial charge in [0.1, 0.15) is 0 Å². The van der Waals surface area contributed by atoms with E-state index in [1.165, 1.54) is 32.4 Å². The molecule has 0 spiro atoms. The SMILES string of the molecule is C#CN(c1ccc(C2=NNC(=O)CC2C)cc1)S(=O)(=O)c1ccc(OC)c(OC)c1. The molecule has 0 saturated heterocycles. The molecule has 2 aromatic rings. The molecule has 1 aliphatic heterocycles. The number of hydrogen-bond donors (Lipinski definition) is 1. The second-order valence-electron chi connectivity index (χ2n) is 6.60. The number of carbonyl (C=O) groups is 1. The number of carbonyl (C=O) groups excluding carboxylic acids is 1. The summed E-state index contributed by atoms with van der Waals surface area (Å²) in [5, 5.41) is 4.11. The lowest BCUT2D eigenvalue weighted by Crippen LogP contribution is -2.32. The van der Waals surface area contributed by atoms with Gasteiger partial charge in [-0.1, -0.05) is 25.5 Å². The van der Waals surface area contributed by atoms with Crippen molar-refractivity contribution in [3.8, 4) is 24.0 Å². The summed E-state index contributed by atoms with van der Waals surface area (Å²) in [5.74, 6) is 0.492. The van der Waals surface area contributed by atoms with E-state index in [1.54, 1.807) is 24.3 Å². The quantitative estimate of drug-likeness (QED) is 0.564. The van der Waals surface area contributed by atoms with Crippen molar-refractivity contribution in [2.45, 2.75) is 18.2 Å². The monoisotopic (exact) mass is 427 g/mol. The Balaban J connectivity index is 1.94. The predicted octanol–water partition coefficient (Wildman–Crippen LogP) is 2.35. The minimum Gasteiger partial charge on any atom is -0.493 e. The Labute approximate surface area is 175 Å². The largest absolute Gasteiger partial charge is 0.493 e. The van der Waals surface area contributed by atoms with Crippen molar-refractivity contribution in [2.75, 3.05) is 18.5 Å². The topological polar surface area (TPSA) is 97.3 Å². The molecular weight excluding hydrogens is 406 g/mol. The molecule has 9 heteroatoms. The second-order valence-corrected chi connectivity index (χ2v) is 8.39. The number of methoxy groups -OCH3 is 2. The van der Waals surface area contributed by atoms with Gasteiger partial charge in [0.05, 0.1) is 30.5 Å². The highest BCUT2D eigenvalue weighted by molar-refractivity contribution is 7.93. The Morgan fingerprint density at radius 2 is 1.80 bits per heavy atom. The zero-order chi connectivity index (χ0) is 21.9. The predicted molar refractivity (Wildman–Crippen MR) is 113 cm³/mol. The molecule has 1 aliphatic rings. The number of hydrogen-bond acceptors (Lipinski definition) is 6. The van der Waals surface area contributed by atoms with Crippen LogP contribution in [0.1, 0.15) is 18.9 Å². The van der Waals surface area contributed by atoms with Crippen LogP contribution in [0, 0.1) is 18.4 Å². The van der Waals surface area contributed by atoms with Gasteiger partial charge in [-0.3, -0.25) is 4.79 Å². The molecule has 2 aromatic carbocycles. The Morgan fingerprint density at radius 3 is 2.37 bits per heavy atom. The molecule has 1 heterocycles. The van der Waals surface area contributed by atoms with E-state index in [0.717, 1.165) is 15.6 Å². The molecule has 1 N–H and O–H groups in total. The van der Waals surface area contributed by atoms with Crippen LogP contribution in [0.5, 0.6) is 11.5 Å². The fraction of sp³-hybridized carbons (Fsp3) is 0.238. The molecule has 0 aliphatic carbocycles. The molecule has 0 radical (unpaired) electrons.